The summed E-state index contributed by atoms with van der Waals surface area (Å²) in [6.07, 6.45) is 3.71. The molecule has 0 saturated heterocycles. The number of hydrogen-bond donors (Lipinski definition) is 2. The van der Waals surface area contributed by atoms with Gasteiger partial charge in [-0.3, -0.25) is 25.2 Å². The lowest BCUT2D eigenvalue weighted by molar-refractivity contribution is 0.0780. The van der Waals surface area contributed by atoms with E-state index < -0.39 is 18.4 Å². The number of amidine groups is 1. The summed E-state index contributed by atoms with van der Waals surface area (Å²) in [7, 11) is 4.57. The van der Waals surface area contributed by atoms with Gasteiger partial charge in [0.15, 0.2) is 10.5 Å². The van der Waals surface area contributed by atoms with Crippen LogP contribution < -0.4 is 10.7 Å². The third-order valence-electron chi connectivity index (χ3n) is 6.30. The second kappa shape index (κ2) is 12.9. The molecule has 2 aromatic rings. The lowest BCUT2D eigenvalue weighted by Crippen LogP contribution is -2.35. The number of amides is 1. The molecule has 1 aliphatic carbocycles. The minimum absolute atomic E-state index is 0.123. The van der Waals surface area contributed by atoms with Gasteiger partial charge in [-0.05, 0) is 36.7 Å². The number of aryl methyl sites for hydroxylation is 1. The molecular formula is C28H30F2N8O2S. The minimum Gasteiger partial charge on any atom is -0.495 e. The molecule has 2 unspecified atom stereocenters. The van der Waals surface area contributed by atoms with E-state index in [1.165, 1.54) is 54.0 Å². The van der Waals surface area contributed by atoms with Crippen LogP contribution in [-0.4, -0.2) is 62.7 Å². The number of nitrogens with one attached hydrogen (secondary N) is 2. The van der Waals surface area contributed by atoms with Crippen molar-refractivity contribution in [3.63, 3.8) is 0 Å². The van der Waals surface area contributed by atoms with E-state index in [-0.39, 0.29) is 10.9 Å². The molecule has 5 rings (SSSR count). The number of thioether (sulfide) groups is 1. The summed E-state index contributed by atoms with van der Waals surface area (Å²) >= 11 is 1.27. The third-order valence-corrected chi connectivity index (χ3v) is 7.17. The molecule has 214 valence electrons. The van der Waals surface area contributed by atoms with Crippen LogP contribution in [0.25, 0.3) is 17.0 Å². The van der Waals surface area contributed by atoms with Gasteiger partial charge in [0.05, 0.1) is 18.4 Å². The summed E-state index contributed by atoms with van der Waals surface area (Å²) in [5.41, 5.74) is 4.69. The topological polar surface area (TPSA) is 120 Å². The molecule has 2 aliphatic heterocycles. The molecule has 1 saturated carbocycles. The summed E-state index contributed by atoms with van der Waals surface area (Å²) in [5.74, 6) is 6.47. The molecule has 1 fully saturated rings. The number of nitriles is 1. The monoisotopic (exact) mass is 580 g/mol. The fraction of sp³-hybridized carbons (Fsp3) is 0.393. The van der Waals surface area contributed by atoms with Crippen LogP contribution in [0.5, 0.6) is 0 Å². The first-order valence-electron chi connectivity index (χ1n) is 13.0. The highest BCUT2D eigenvalue weighted by Gasteiger charge is 2.31. The standard InChI is InChI=1S/C26H24F2N8O2S.C2H6/c1-35-13-22(38-3)17(10-21(35)24(27)28)16-9-19(20-8-15(11-29)36(2)34-20)30-12-18(16)25(37)31-26-33-32-23(39-26)7-6-14-4-5-14;1-2/h8-10,12-14,21,23-24,32H,4-5H2,1-3H3,(H,31,33,37);1-2H3. The molecular weight excluding hydrogens is 550 g/mol. The zero-order valence-electron chi connectivity index (χ0n) is 23.3. The molecule has 0 bridgehead atoms. The maximum Gasteiger partial charge on any atom is 0.262 e. The highest BCUT2D eigenvalue weighted by atomic mass is 32.2. The summed E-state index contributed by atoms with van der Waals surface area (Å²) in [6, 6.07) is 3.94. The average Bonchev–Trinajstić information content (AvgIpc) is 3.58. The van der Waals surface area contributed by atoms with Crippen molar-refractivity contribution < 1.29 is 18.3 Å². The fourth-order valence-corrected chi connectivity index (χ4v) is 4.74. The average molecular weight is 581 g/mol. The van der Waals surface area contributed by atoms with Crippen molar-refractivity contribution in [2.24, 2.45) is 18.1 Å². The Kier molecular flexibility index (Phi) is 9.30. The normalized spacial score (nSPS) is 19.4. The summed E-state index contributed by atoms with van der Waals surface area (Å²) in [6.45, 7) is 4.00. The summed E-state index contributed by atoms with van der Waals surface area (Å²) in [5, 5.41) is 20.6. The number of carbonyl (C=O) groups excluding carboxylic acids is 1. The van der Waals surface area contributed by atoms with Crippen molar-refractivity contribution >= 4 is 28.4 Å². The first-order valence-corrected chi connectivity index (χ1v) is 13.9. The zero-order valence-corrected chi connectivity index (χ0v) is 24.1. The molecule has 2 atom stereocenters. The quantitative estimate of drug-likeness (QED) is 0.511. The Morgan fingerprint density at radius 3 is 2.63 bits per heavy atom. The van der Waals surface area contributed by atoms with Crippen LogP contribution in [0, 0.1) is 29.1 Å². The van der Waals surface area contributed by atoms with Gasteiger partial charge in [0, 0.05) is 49.6 Å². The van der Waals surface area contributed by atoms with E-state index in [1.807, 2.05) is 19.9 Å². The van der Waals surface area contributed by atoms with Crippen LogP contribution >= 0.6 is 11.8 Å². The Hall–Kier alpha value is -4.36. The number of methoxy groups -OCH3 is 1. The van der Waals surface area contributed by atoms with Crippen molar-refractivity contribution in [3.8, 4) is 29.3 Å². The maximum atomic E-state index is 13.9. The molecule has 3 aliphatic rings. The van der Waals surface area contributed by atoms with Crippen LogP contribution in [0.3, 0.4) is 0 Å². The van der Waals surface area contributed by atoms with Gasteiger partial charge in [0.1, 0.15) is 29.3 Å². The number of allylic oxidation sites excluding steroid dienone is 1. The number of alkyl halides is 2. The number of likely N-dealkylation sites (N-methyl/N-ethyl adjacent to an activating group) is 1. The lowest BCUT2D eigenvalue weighted by atomic mass is 9.94. The lowest BCUT2D eigenvalue weighted by Gasteiger charge is -2.30. The van der Waals surface area contributed by atoms with Crippen LogP contribution in [-0.2, 0) is 11.8 Å². The van der Waals surface area contributed by atoms with Gasteiger partial charge in [0.25, 0.3) is 12.3 Å². The molecule has 41 heavy (non-hydrogen) atoms. The molecule has 4 heterocycles. The maximum absolute atomic E-state index is 13.9. The Morgan fingerprint density at radius 1 is 1.24 bits per heavy atom. The van der Waals surface area contributed by atoms with Crippen molar-refractivity contribution in [2.75, 3.05) is 14.2 Å². The smallest absolute Gasteiger partial charge is 0.262 e. The van der Waals surface area contributed by atoms with Gasteiger partial charge in [-0.1, -0.05) is 25.7 Å². The Labute approximate surface area is 241 Å². The van der Waals surface area contributed by atoms with E-state index >= 15 is 0 Å². The van der Waals surface area contributed by atoms with Gasteiger partial charge in [-0.15, -0.1) is 0 Å². The number of nitrogens with zero attached hydrogens (tertiary/aromatic N) is 6. The Balaban J connectivity index is 0.00000189. The highest BCUT2D eigenvalue weighted by Crippen LogP contribution is 2.35. The predicted octanol–water partition coefficient (Wildman–Crippen LogP) is 3.91. The number of aromatic nitrogens is 3. The molecule has 13 heteroatoms. The van der Waals surface area contributed by atoms with Crippen LogP contribution in [0.15, 0.2) is 41.5 Å². The van der Waals surface area contributed by atoms with E-state index in [9.17, 15) is 18.8 Å². The largest absolute Gasteiger partial charge is 0.495 e. The number of carbonyl (C=O) groups is 1. The van der Waals surface area contributed by atoms with Crippen LogP contribution in [0.2, 0.25) is 0 Å². The van der Waals surface area contributed by atoms with E-state index in [2.05, 4.69) is 37.8 Å². The summed E-state index contributed by atoms with van der Waals surface area (Å²) < 4.78 is 34.7. The fourth-order valence-electron chi connectivity index (χ4n) is 4.03. The molecule has 2 aromatic heterocycles. The van der Waals surface area contributed by atoms with Crippen LogP contribution in [0.1, 0.15) is 48.3 Å². The van der Waals surface area contributed by atoms with Gasteiger partial charge in [-0.2, -0.15) is 15.5 Å². The van der Waals surface area contributed by atoms with Gasteiger partial charge in [0.2, 0.25) is 0 Å². The molecule has 0 radical (unpaired) electrons. The number of hydrogen-bond acceptors (Lipinski definition) is 9. The van der Waals surface area contributed by atoms with Gasteiger partial charge >= 0.3 is 0 Å². The van der Waals surface area contributed by atoms with E-state index in [0.29, 0.717) is 45.1 Å². The number of rotatable bonds is 5. The molecule has 10 nitrogen and oxygen atoms in total. The molecule has 0 aromatic carbocycles. The number of ether oxygens (including phenoxy) is 1. The van der Waals surface area contributed by atoms with Crippen molar-refractivity contribution in [3.05, 3.63) is 53.2 Å². The zero-order chi connectivity index (χ0) is 29.7. The molecule has 1 amide bonds. The Morgan fingerprint density at radius 2 is 2.00 bits per heavy atom. The number of hydrazone groups is 1. The minimum atomic E-state index is -2.68. The SMILES string of the molecule is CC.COC1=CN(C)C(C(F)F)C=C1c1cc(-c2cc(C#N)n(C)n2)ncc1C(=O)NC1=NNC(C#CC2CC2)S1. The van der Waals surface area contributed by atoms with Crippen LogP contribution in [0.4, 0.5) is 8.78 Å². The predicted molar refractivity (Wildman–Crippen MR) is 153 cm³/mol. The third kappa shape index (κ3) is 6.69. The van der Waals surface area contributed by atoms with Crippen molar-refractivity contribution in [1.82, 2.24) is 30.4 Å². The molecule has 0 spiro atoms. The number of halogens is 2. The van der Waals surface area contributed by atoms with Crippen molar-refractivity contribution in [1.29, 1.82) is 5.26 Å². The molecule has 2 N–H and O–H groups in total. The van der Waals surface area contributed by atoms with Crippen molar-refractivity contribution in [2.45, 2.75) is 44.5 Å². The second-order valence-electron chi connectivity index (χ2n) is 9.09. The second-order valence-corrected chi connectivity index (χ2v) is 10.2. The summed E-state index contributed by atoms with van der Waals surface area (Å²) in [4.78, 5) is 19.2. The highest BCUT2D eigenvalue weighted by molar-refractivity contribution is 8.14. The van der Waals surface area contributed by atoms with E-state index in [0.717, 1.165) is 12.8 Å². The van der Waals surface area contributed by atoms with Gasteiger partial charge in [-0.25, -0.2) is 8.78 Å². The van der Waals surface area contributed by atoms with Gasteiger partial charge < -0.3 is 9.64 Å². The Bertz CT molecular complexity index is 1510. The first kappa shape index (κ1) is 29.6. The van der Waals surface area contributed by atoms with E-state index in [4.69, 9.17) is 4.74 Å². The van der Waals surface area contributed by atoms with E-state index in [1.54, 1.807) is 19.2 Å². The number of pyridine rings is 1. The first-order chi connectivity index (χ1) is 19.8.